The van der Waals surface area contributed by atoms with Gasteiger partial charge in [-0.2, -0.15) is 5.10 Å². The molecule has 0 aliphatic carbocycles. The maximum atomic E-state index is 5.92. The van der Waals surface area contributed by atoms with Crippen LogP contribution >= 0.6 is 0 Å². The Morgan fingerprint density at radius 2 is 1.55 bits per heavy atom. The Bertz CT molecular complexity index is 1550. The Morgan fingerprint density at radius 1 is 0.677 bits per heavy atom. The number of rotatable bonds is 3. The highest BCUT2D eigenvalue weighted by Gasteiger charge is 2.14. The normalized spacial score (nSPS) is 11.4. The molecule has 4 N–H and O–H groups in total. The predicted octanol–water partition coefficient (Wildman–Crippen LogP) is 4.81. The molecule has 0 bridgehead atoms. The van der Waals surface area contributed by atoms with Gasteiger partial charge >= 0.3 is 0 Å². The number of fused-ring (bicyclic) bond motifs is 2. The topological polar surface area (TPSA) is 109 Å². The third-order valence-corrected chi connectivity index (χ3v) is 5.45. The van der Waals surface area contributed by atoms with Crippen LogP contribution in [0.4, 0.5) is 5.69 Å². The van der Waals surface area contributed by atoms with Crippen LogP contribution in [0.1, 0.15) is 0 Å². The van der Waals surface area contributed by atoms with E-state index in [0.717, 1.165) is 55.4 Å². The van der Waals surface area contributed by atoms with Gasteiger partial charge < -0.3 is 10.7 Å². The largest absolute Gasteiger partial charge is 0.397 e. The third kappa shape index (κ3) is 2.91. The van der Waals surface area contributed by atoms with Crippen LogP contribution in [-0.4, -0.2) is 30.1 Å². The Labute approximate surface area is 177 Å². The molecule has 0 saturated heterocycles. The number of nitrogens with one attached hydrogen (secondary N) is 2. The number of aromatic nitrogens is 6. The number of H-pyrrole nitrogens is 2. The van der Waals surface area contributed by atoms with Crippen molar-refractivity contribution in [2.24, 2.45) is 0 Å². The molecule has 31 heavy (non-hydrogen) atoms. The summed E-state index contributed by atoms with van der Waals surface area (Å²) in [6.07, 6.45) is 10.7. The van der Waals surface area contributed by atoms with E-state index in [1.165, 1.54) is 0 Å². The lowest BCUT2D eigenvalue weighted by molar-refractivity contribution is 1.12. The summed E-state index contributed by atoms with van der Waals surface area (Å²) in [6, 6.07) is 14.2. The molecule has 0 aliphatic heterocycles. The van der Waals surface area contributed by atoms with Crippen LogP contribution in [0.25, 0.3) is 55.4 Å². The minimum atomic E-state index is 0.636. The second kappa shape index (κ2) is 6.77. The van der Waals surface area contributed by atoms with Crippen LogP contribution in [0.5, 0.6) is 0 Å². The van der Waals surface area contributed by atoms with Gasteiger partial charge in [-0.05, 0) is 47.5 Å². The molecular formula is C24H17N7. The zero-order valence-electron chi connectivity index (χ0n) is 16.4. The van der Waals surface area contributed by atoms with E-state index in [2.05, 4.69) is 42.3 Å². The standard InChI is InChI=1S/C24H17N7/c25-17-7-16(10-27-11-17)15-1-2-21-19(8-15)24(31-30-21)22-9-18-20(12-28-13-23(18)29-22)14-3-5-26-6-4-14/h1-13,29H,25H2,(H,30,31). The number of pyridine rings is 3. The van der Waals surface area contributed by atoms with E-state index in [4.69, 9.17) is 5.73 Å². The molecule has 0 spiro atoms. The van der Waals surface area contributed by atoms with Crippen LogP contribution in [0.3, 0.4) is 0 Å². The van der Waals surface area contributed by atoms with E-state index in [0.29, 0.717) is 5.69 Å². The maximum absolute atomic E-state index is 5.92. The average molecular weight is 403 g/mol. The second-order valence-electron chi connectivity index (χ2n) is 7.41. The molecule has 0 amide bonds. The van der Waals surface area contributed by atoms with Crippen molar-refractivity contribution >= 4 is 27.5 Å². The van der Waals surface area contributed by atoms with Gasteiger partial charge in [0.05, 0.1) is 28.6 Å². The van der Waals surface area contributed by atoms with Gasteiger partial charge in [0.15, 0.2) is 0 Å². The number of hydrogen-bond acceptors (Lipinski definition) is 5. The zero-order valence-corrected chi connectivity index (χ0v) is 16.4. The molecule has 6 aromatic rings. The summed E-state index contributed by atoms with van der Waals surface area (Å²) in [7, 11) is 0. The highest BCUT2D eigenvalue weighted by Crippen LogP contribution is 2.34. The minimum Gasteiger partial charge on any atom is -0.397 e. The monoisotopic (exact) mass is 403 g/mol. The molecule has 5 aromatic heterocycles. The molecule has 7 nitrogen and oxygen atoms in total. The first kappa shape index (κ1) is 17.3. The van der Waals surface area contributed by atoms with Crippen LogP contribution in [0.15, 0.2) is 79.6 Å². The van der Waals surface area contributed by atoms with Crippen molar-refractivity contribution in [1.29, 1.82) is 0 Å². The Balaban J connectivity index is 1.51. The van der Waals surface area contributed by atoms with E-state index in [9.17, 15) is 0 Å². The van der Waals surface area contributed by atoms with Gasteiger partial charge in [-0.15, -0.1) is 0 Å². The number of aromatic amines is 2. The van der Waals surface area contributed by atoms with Crippen LogP contribution in [0, 0.1) is 0 Å². The van der Waals surface area contributed by atoms with Gasteiger partial charge in [0.2, 0.25) is 0 Å². The van der Waals surface area contributed by atoms with Gasteiger partial charge in [-0.1, -0.05) is 6.07 Å². The van der Waals surface area contributed by atoms with Crippen molar-refractivity contribution < 1.29 is 0 Å². The quantitative estimate of drug-likeness (QED) is 0.393. The first-order valence-corrected chi connectivity index (χ1v) is 9.83. The van der Waals surface area contributed by atoms with Crippen molar-refractivity contribution in [2.75, 3.05) is 5.73 Å². The number of nitrogens with zero attached hydrogens (tertiary/aromatic N) is 4. The molecule has 6 rings (SSSR count). The third-order valence-electron chi connectivity index (χ3n) is 5.45. The van der Waals surface area contributed by atoms with Gasteiger partial charge in [0.1, 0.15) is 5.69 Å². The lowest BCUT2D eigenvalue weighted by atomic mass is 10.0. The Morgan fingerprint density at radius 3 is 2.42 bits per heavy atom. The van der Waals surface area contributed by atoms with E-state index in [1.54, 1.807) is 18.6 Å². The lowest BCUT2D eigenvalue weighted by Gasteiger charge is -2.03. The SMILES string of the molecule is Nc1cncc(-c2ccc3[nH]nc(-c4cc5c(-c6ccncc6)cncc5[nH]4)c3c2)c1. The van der Waals surface area contributed by atoms with E-state index in [-0.39, 0.29) is 0 Å². The molecule has 0 fully saturated rings. The summed E-state index contributed by atoms with van der Waals surface area (Å²) >= 11 is 0. The summed E-state index contributed by atoms with van der Waals surface area (Å²) in [5.74, 6) is 0. The molecule has 5 heterocycles. The fourth-order valence-electron chi connectivity index (χ4n) is 3.95. The summed E-state index contributed by atoms with van der Waals surface area (Å²) in [4.78, 5) is 16.2. The van der Waals surface area contributed by atoms with E-state index >= 15 is 0 Å². The average Bonchev–Trinajstić information content (AvgIpc) is 3.43. The molecule has 0 radical (unpaired) electrons. The number of benzene rings is 1. The van der Waals surface area contributed by atoms with Crippen molar-refractivity contribution in [3.05, 3.63) is 79.6 Å². The smallest absolute Gasteiger partial charge is 0.116 e. The first-order valence-electron chi connectivity index (χ1n) is 9.83. The van der Waals surface area contributed by atoms with Crippen molar-refractivity contribution in [3.8, 4) is 33.6 Å². The molecule has 0 unspecified atom stereocenters. The van der Waals surface area contributed by atoms with Crippen molar-refractivity contribution in [3.63, 3.8) is 0 Å². The minimum absolute atomic E-state index is 0.636. The predicted molar refractivity (Wildman–Crippen MR) is 122 cm³/mol. The van der Waals surface area contributed by atoms with E-state index < -0.39 is 0 Å². The Kier molecular flexibility index (Phi) is 3.79. The summed E-state index contributed by atoms with van der Waals surface area (Å²) in [5, 5.41) is 9.83. The highest BCUT2D eigenvalue weighted by atomic mass is 15.1. The van der Waals surface area contributed by atoms with Gasteiger partial charge in [0, 0.05) is 52.9 Å². The van der Waals surface area contributed by atoms with Crippen molar-refractivity contribution in [2.45, 2.75) is 0 Å². The van der Waals surface area contributed by atoms with Gasteiger partial charge in [-0.25, -0.2) is 0 Å². The van der Waals surface area contributed by atoms with Crippen molar-refractivity contribution in [1.82, 2.24) is 30.1 Å². The van der Waals surface area contributed by atoms with Crippen LogP contribution in [0.2, 0.25) is 0 Å². The molecule has 7 heteroatoms. The molecular weight excluding hydrogens is 386 g/mol. The highest BCUT2D eigenvalue weighted by molar-refractivity contribution is 6.01. The lowest BCUT2D eigenvalue weighted by Crippen LogP contribution is -1.87. The number of nitrogens with two attached hydrogens (primary N) is 1. The summed E-state index contributed by atoms with van der Waals surface area (Å²) in [5.41, 5.74) is 14.4. The van der Waals surface area contributed by atoms with Crippen LogP contribution in [-0.2, 0) is 0 Å². The summed E-state index contributed by atoms with van der Waals surface area (Å²) < 4.78 is 0. The molecule has 0 saturated carbocycles. The Hall–Kier alpha value is -4.52. The molecule has 0 atom stereocenters. The first-order chi connectivity index (χ1) is 15.3. The summed E-state index contributed by atoms with van der Waals surface area (Å²) in [6.45, 7) is 0. The fraction of sp³-hybridized carbons (Fsp3) is 0. The molecule has 0 aliphatic rings. The number of anilines is 1. The number of nitrogen functional groups attached to an aromatic ring is 1. The maximum Gasteiger partial charge on any atom is 0.116 e. The fourth-order valence-corrected chi connectivity index (χ4v) is 3.95. The number of hydrogen-bond donors (Lipinski definition) is 3. The van der Waals surface area contributed by atoms with Crippen LogP contribution < -0.4 is 5.73 Å². The van der Waals surface area contributed by atoms with E-state index in [1.807, 2.05) is 48.9 Å². The zero-order chi connectivity index (χ0) is 20.8. The second-order valence-corrected chi connectivity index (χ2v) is 7.41. The van der Waals surface area contributed by atoms with Gasteiger partial charge in [0.25, 0.3) is 0 Å². The van der Waals surface area contributed by atoms with Gasteiger partial charge in [-0.3, -0.25) is 20.1 Å². The molecule has 1 aromatic carbocycles. The molecule has 148 valence electrons.